The molecule has 152 valence electrons. The molecule has 2 heteroatoms. The second kappa shape index (κ2) is 16.6. The van der Waals surface area contributed by atoms with Crippen molar-refractivity contribution in [3.05, 3.63) is 35.9 Å². The van der Waals surface area contributed by atoms with Crippen LogP contribution in [-0.4, -0.2) is 24.6 Å². The van der Waals surface area contributed by atoms with Gasteiger partial charge < -0.3 is 16.9 Å². The molecule has 0 saturated carbocycles. The van der Waals surface area contributed by atoms with E-state index in [9.17, 15) is 0 Å². The van der Waals surface area contributed by atoms with Gasteiger partial charge in [0.1, 0.15) is 6.54 Å². The van der Waals surface area contributed by atoms with Crippen molar-refractivity contribution in [2.75, 3.05) is 20.1 Å². The van der Waals surface area contributed by atoms with Crippen molar-refractivity contribution in [2.45, 2.75) is 97.4 Å². The summed E-state index contributed by atoms with van der Waals surface area (Å²) in [6, 6.07) is 11.1. The van der Waals surface area contributed by atoms with Gasteiger partial charge in [0.2, 0.25) is 0 Å². The Morgan fingerprint density at radius 1 is 0.615 bits per heavy atom. The zero-order valence-electron chi connectivity index (χ0n) is 17.8. The minimum Gasteiger partial charge on any atom is -1.00 e. The van der Waals surface area contributed by atoms with Crippen LogP contribution >= 0.6 is 0 Å². The number of rotatable bonds is 16. The van der Waals surface area contributed by atoms with Crippen molar-refractivity contribution in [2.24, 2.45) is 0 Å². The van der Waals surface area contributed by atoms with Crippen molar-refractivity contribution in [1.82, 2.24) is 0 Å². The SMILES string of the molecule is CCCCCCCC[N+](C)(CCCCCCCC)Cc1ccccc1.[Cl-]. The van der Waals surface area contributed by atoms with Gasteiger partial charge in [0.05, 0.1) is 20.1 Å². The number of benzene rings is 1. The molecule has 0 fully saturated rings. The molecule has 0 radical (unpaired) electrons. The fourth-order valence-electron chi connectivity index (χ4n) is 3.84. The van der Waals surface area contributed by atoms with E-state index < -0.39 is 0 Å². The first kappa shape index (κ1) is 25.5. The molecule has 0 saturated heterocycles. The highest BCUT2D eigenvalue weighted by Gasteiger charge is 2.21. The van der Waals surface area contributed by atoms with E-state index in [0.29, 0.717) is 0 Å². The number of quaternary nitrogens is 1. The van der Waals surface area contributed by atoms with Gasteiger partial charge in [0.15, 0.2) is 0 Å². The van der Waals surface area contributed by atoms with Gasteiger partial charge >= 0.3 is 0 Å². The summed E-state index contributed by atoms with van der Waals surface area (Å²) in [5.41, 5.74) is 1.50. The van der Waals surface area contributed by atoms with Crippen LogP contribution in [0.15, 0.2) is 30.3 Å². The quantitative estimate of drug-likeness (QED) is 0.295. The molecule has 0 aliphatic rings. The van der Waals surface area contributed by atoms with E-state index in [0.717, 1.165) is 0 Å². The zero-order valence-corrected chi connectivity index (χ0v) is 18.6. The van der Waals surface area contributed by atoms with E-state index >= 15 is 0 Å². The van der Waals surface area contributed by atoms with Gasteiger partial charge in [-0.15, -0.1) is 0 Å². The van der Waals surface area contributed by atoms with Gasteiger partial charge in [-0.1, -0.05) is 95.5 Å². The third-order valence-corrected chi connectivity index (χ3v) is 5.51. The van der Waals surface area contributed by atoms with Crippen LogP contribution < -0.4 is 12.4 Å². The van der Waals surface area contributed by atoms with E-state index in [4.69, 9.17) is 0 Å². The minimum absolute atomic E-state index is 0. The summed E-state index contributed by atoms with van der Waals surface area (Å²) in [6.07, 6.45) is 16.8. The predicted octanol–water partition coefficient (Wildman–Crippen LogP) is 4.36. The predicted molar refractivity (Wildman–Crippen MR) is 113 cm³/mol. The number of hydrogen-bond donors (Lipinski definition) is 0. The van der Waals surface area contributed by atoms with Gasteiger partial charge in [-0.25, -0.2) is 0 Å². The lowest BCUT2D eigenvalue weighted by atomic mass is 10.1. The van der Waals surface area contributed by atoms with E-state index in [-0.39, 0.29) is 12.4 Å². The maximum atomic E-state index is 2.49. The maximum absolute atomic E-state index is 2.49. The lowest BCUT2D eigenvalue weighted by Gasteiger charge is -2.35. The second-order valence-corrected chi connectivity index (χ2v) is 8.25. The smallest absolute Gasteiger partial charge is 0.104 e. The molecule has 0 atom stereocenters. The van der Waals surface area contributed by atoms with E-state index in [2.05, 4.69) is 51.2 Å². The summed E-state index contributed by atoms with van der Waals surface area (Å²) < 4.78 is 1.23. The first-order valence-electron chi connectivity index (χ1n) is 11.1. The molecule has 1 nitrogen and oxygen atoms in total. The first-order valence-corrected chi connectivity index (χ1v) is 11.1. The van der Waals surface area contributed by atoms with Gasteiger partial charge in [0, 0.05) is 5.56 Å². The normalized spacial score (nSPS) is 11.3. The molecular formula is C24H44ClN. The van der Waals surface area contributed by atoms with E-state index in [1.807, 2.05) is 0 Å². The first-order chi connectivity index (χ1) is 12.2. The fourth-order valence-corrected chi connectivity index (χ4v) is 3.84. The summed E-state index contributed by atoms with van der Waals surface area (Å²) in [6.45, 7) is 8.49. The van der Waals surface area contributed by atoms with Crippen LogP contribution in [0.5, 0.6) is 0 Å². The lowest BCUT2D eigenvalue weighted by molar-refractivity contribution is -0.923. The van der Waals surface area contributed by atoms with Gasteiger partial charge in [-0.05, 0) is 25.7 Å². The van der Waals surface area contributed by atoms with Gasteiger partial charge in [0.25, 0.3) is 0 Å². The summed E-state index contributed by atoms with van der Waals surface area (Å²) in [4.78, 5) is 0. The molecule has 1 rings (SSSR count). The fraction of sp³-hybridized carbons (Fsp3) is 0.750. The van der Waals surface area contributed by atoms with Crippen molar-refractivity contribution in [3.63, 3.8) is 0 Å². The Morgan fingerprint density at radius 3 is 1.50 bits per heavy atom. The molecular weight excluding hydrogens is 338 g/mol. The molecule has 0 heterocycles. The van der Waals surface area contributed by atoms with Crippen LogP contribution in [0.2, 0.25) is 0 Å². The van der Waals surface area contributed by atoms with Crippen LogP contribution in [0.4, 0.5) is 0 Å². The Kier molecular flexibility index (Phi) is 16.3. The van der Waals surface area contributed by atoms with Crippen molar-refractivity contribution in [1.29, 1.82) is 0 Å². The highest BCUT2D eigenvalue weighted by atomic mass is 35.5. The van der Waals surface area contributed by atoms with E-state index in [1.165, 1.54) is 107 Å². The number of hydrogen-bond acceptors (Lipinski definition) is 0. The Morgan fingerprint density at radius 2 is 1.04 bits per heavy atom. The average Bonchev–Trinajstić information content (AvgIpc) is 2.62. The molecule has 1 aromatic rings. The molecule has 0 N–H and O–H groups in total. The van der Waals surface area contributed by atoms with Gasteiger partial charge in [-0.3, -0.25) is 0 Å². The molecule has 0 aromatic heterocycles. The van der Waals surface area contributed by atoms with Crippen molar-refractivity contribution >= 4 is 0 Å². The summed E-state index contributed by atoms with van der Waals surface area (Å²) >= 11 is 0. The Balaban J connectivity index is 0.00000625. The third kappa shape index (κ3) is 12.8. The molecule has 1 aromatic carbocycles. The monoisotopic (exact) mass is 381 g/mol. The Bertz CT molecular complexity index is 388. The third-order valence-electron chi connectivity index (χ3n) is 5.51. The number of nitrogens with zero attached hydrogens (tertiary/aromatic N) is 1. The topological polar surface area (TPSA) is 0 Å². The summed E-state index contributed by atoms with van der Waals surface area (Å²) in [5, 5.41) is 0. The highest BCUT2D eigenvalue weighted by molar-refractivity contribution is 5.13. The molecule has 0 spiro atoms. The number of unbranched alkanes of at least 4 members (excludes halogenated alkanes) is 10. The highest BCUT2D eigenvalue weighted by Crippen LogP contribution is 2.17. The molecule has 26 heavy (non-hydrogen) atoms. The van der Waals surface area contributed by atoms with Crippen LogP contribution in [-0.2, 0) is 6.54 Å². The van der Waals surface area contributed by atoms with Crippen LogP contribution in [0.1, 0.15) is 96.5 Å². The van der Waals surface area contributed by atoms with Crippen molar-refractivity contribution in [3.8, 4) is 0 Å². The van der Waals surface area contributed by atoms with Crippen molar-refractivity contribution < 1.29 is 16.9 Å². The van der Waals surface area contributed by atoms with Gasteiger partial charge in [-0.2, -0.15) is 0 Å². The molecule has 0 amide bonds. The summed E-state index contributed by atoms with van der Waals surface area (Å²) in [7, 11) is 2.49. The Hall–Kier alpha value is -0.530. The number of halogens is 1. The maximum Gasteiger partial charge on any atom is 0.104 e. The Labute approximate surface area is 170 Å². The van der Waals surface area contributed by atoms with Crippen LogP contribution in [0.3, 0.4) is 0 Å². The molecule has 0 aliphatic heterocycles. The standard InChI is InChI=1S/C24H44N.ClH/c1-4-6-8-10-12-17-21-25(3,22-18-13-11-9-7-5-2)23-24-19-15-14-16-20-24;/h14-16,19-20H,4-13,17-18,21-23H2,1-3H3;1H/q+1;/p-1. The van der Waals surface area contributed by atoms with Crippen LogP contribution in [0, 0.1) is 0 Å². The molecule has 0 bridgehead atoms. The average molecular weight is 382 g/mol. The van der Waals surface area contributed by atoms with E-state index in [1.54, 1.807) is 0 Å². The molecule has 0 unspecified atom stereocenters. The van der Waals surface area contributed by atoms with Crippen LogP contribution in [0.25, 0.3) is 0 Å². The largest absolute Gasteiger partial charge is 1.00 e. The summed E-state index contributed by atoms with van der Waals surface area (Å²) in [5.74, 6) is 0. The lowest BCUT2D eigenvalue weighted by Crippen LogP contribution is -3.00. The molecule has 0 aliphatic carbocycles. The zero-order chi connectivity index (χ0) is 18.2. The second-order valence-electron chi connectivity index (χ2n) is 8.25. The minimum atomic E-state index is 0.